The van der Waals surface area contributed by atoms with Crippen molar-refractivity contribution in [3.63, 3.8) is 0 Å². The highest BCUT2D eigenvalue weighted by molar-refractivity contribution is 9.10. The summed E-state index contributed by atoms with van der Waals surface area (Å²) < 4.78 is 43.2. The van der Waals surface area contributed by atoms with Gasteiger partial charge in [-0.1, -0.05) is 6.92 Å². The van der Waals surface area contributed by atoms with Gasteiger partial charge in [0.25, 0.3) is 5.56 Å². The highest BCUT2D eigenvalue weighted by Crippen LogP contribution is 2.39. The molecule has 0 radical (unpaired) electrons. The van der Waals surface area contributed by atoms with E-state index >= 15 is 0 Å². The molecule has 1 aromatic carbocycles. The van der Waals surface area contributed by atoms with Gasteiger partial charge in [-0.05, 0) is 47.5 Å². The zero-order chi connectivity index (χ0) is 26.7. The first kappa shape index (κ1) is 27.6. The molecule has 0 atom stereocenters. The maximum atomic E-state index is 13.2. The standard InChI is InChI=1S/C24H32BrN5O6S/c1-4-9-30-22-19(25)20(27-21(22)23(31)28(3)24(30)32)17-15-16(6-7-18(17)36-5-2)37(33,34)26-8-10-29-11-13-35-14-12-29/h6-7,15,26-27H,4-5,8-14H2,1-3H3. The average Bonchev–Trinajstić information content (AvgIpc) is 3.23. The van der Waals surface area contributed by atoms with Crippen LogP contribution in [0.1, 0.15) is 20.3 Å². The molecule has 1 saturated heterocycles. The predicted molar refractivity (Wildman–Crippen MR) is 145 cm³/mol. The average molecular weight is 599 g/mol. The Kier molecular flexibility index (Phi) is 8.59. The second kappa shape index (κ2) is 11.5. The first-order valence-corrected chi connectivity index (χ1v) is 14.5. The fourth-order valence-electron chi connectivity index (χ4n) is 4.42. The fraction of sp³-hybridized carbons (Fsp3) is 0.500. The smallest absolute Gasteiger partial charge is 0.331 e. The lowest BCUT2D eigenvalue weighted by molar-refractivity contribution is 0.0390. The molecule has 0 aliphatic carbocycles. The molecule has 1 aliphatic heterocycles. The Bertz CT molecular complexity index is 1500. The van der Waals surface area contributed by atoms with Crippen molar-refractivity contribution in [2.24, 2.45) is 7.05 Å². The predicted octanol–water partition coefficient (Wildman–Crippen LogP) is 1.88. The van der Waals surface area contributed by atoms with Crippen LogP contribution in [0.15, 0.2) is 37.2 Å². The SMILES string of the molecule is CCCn1c(=O)n(C)c(=O)c2[nH]c(-c3cc(S(=O)(=O)NCCN4CCOCC4)ccc3OCC)c(Br)c21. The molecule has 0 spiro atoms. The van der Waals surface area contributed by atoms with Crippen molar-refractivity contribution in [2.75, 3.05) is 46.0 Å². The van der Waals surface area contributed by atoms with Crippen molar-refractivity contribution in [1.29, 1.82) is 0 Å². The van der Waals surface area contributed by atoms with Crippen molar-refractivity contribution in [1.82, 2.24) is 23.7 Å². The van der Waals surface area contributed by atoms with Gasteiger partial charge in [-0.2, -0.15) is 0 Å². The number of nitrogens with one attached hydrogen (secondary N) is 2. The minimum absolute atomic E-state index is 0.0670. The molecule has 3 aromatic rings. The van der Waals surface area contributed by atoms with Gasteiger partial charge in [0, 0.05) is 45.3 Å². The molecule has 2 aromatic heterocycles. The number of hydrogen-bond donors (Lipinski definition) is 2. The van der Waals surface area contributed by atoms with E-state index in [0.29, 0.717) is 66.3 Å². The lowest BCUT2D eigenvalue weighted by atomic mass is 10.1. The molecule has 11 nitrogen and oxygen atoms in total. The number of benzene rings is 1. The second-order valence-electron chi connectivity index (χ2n) is 8.78. The van der Waals surface area contributed by atoms with Crippen LogP contribution in [-0.2, 0) is 28.4 Å². The minimum Gasteiger partial charge on any atom is -0.493 e. The summed E-state index contributed by atoms with van der Waals surface area (Å²) in [5.41, 5.74) is 0.707. The summed E-state index contributed by atoms with van der Waals surface area (Å²) >= 11 is 3.57. The molecule has 0 amide bonds. The van der Waals surface area contributed by atoms with Crippen LogP contribution >= 0.6 is 15.9 Å². The van der Waals surface area contributed by atoms with Gasteiger partial charge in [-0.15, -0.1) is 0 Å². The monoisotopic (exact) mass is 597 g/mol. The zero-order valence-corrected chi connectivity index (χ0v) is 23.6. The molecule has 0 saturated carbocycles. The molecule has 4 rings (SSSR count). The van der Waals surface area contributed by atoms with Crippen molar-refractivity contribution < 1.29 is 17.9 Å². The van der Waals surface area contributed by atoms with E-state index in [-0.39, 0.29) is 17.0 Å². The maximum Gasteiger partial charge on any atom is 0.331 e. The van der Waals surface area contributed by atoms with E-state index in [1.807, 2.05) is 13.8 Å². The lowest BCUT2D eigenvalue weighted by Crippen LogP contribution is -2.41. The number of aryl methyl sites for hydroxylation is 1. The largest absolute Gasteiger partial charge is 0.493 e. The normalized spacial score (nSPS) is 14.9. The molecule has 1 fully saturated rings. The van der Waals surface area contributed by atoms with Gasteiger partial charge in [0.2, 0.25) is 10.0 Å². The summed E-state index contributed by atoms with van der Waals surface area (Å²) in [6.45, 7) is 8.22. The Balaban J connectivity index is 1.77. The molecule has 0 bridgehead atoms. The molecule has 13 heteroatoms. The van der Waals surface area contributed by atoms with Gasteiger partial charge in [-0.25, -0.2) is 17.9 Å². The van der Waals surface area contributed by atoms with E-state index in [4.69, 9.17) is 9.47 Å². The summed E-state index contributed by atoms with van der Waals surface area (Å²) in [5.74, 6) is 0.447. The van der Waals surface area contributed by atoms with E-state index in [0.717, 1.165) is 17.7 Å². The highest BCUT2D eigenvalue weighted by atomic mass is 79.9. The van der Waals surface area contributed by atoms with Crippen molar-refractivity contribution in [3.05, 3.63) is 43.5 Å². The zero-order valence-electron chi connectivity index (χ0n) is 21.2. The Morgan fingerprint density at radius 2 is 1.89 bits per heavy atom. The number of halogens is 1. The van der Waals surface area contributed by atoms with Gasteiger partial charge >= 0.3 is 5.69 Å². The van der Waals surface area contributed by atoms with E-state index < -0.39 is 21.3 Å². The van der Waals surface area contributed by atoms with Crippen LogP contribution in [0.2, 0.25) is 0 Å². The number of sulfonamides is 1. The lowest BCUT2D eigenvalue weighted by Gasteiger charge is -2.26. The van der Waals surface area contributed by atoms with Gasteiger partial charge in [0.15, 0.2) is 0 Å². The van der Waals surface area contributed by atoms with Crippen LogP contribution in [0.5, 0.6) is 5.75 Å². The quantitative estimate of drug-likeness (QED) is 0.365. The summed E-state index contributed by atoms with van der Waals surface area (Å²) in [6, 6.07) is 4.61. The number of H-pyrrole nitrogens is 1. The maximum absolute atomic E-state index is 13.2. The molecule has 0 unspecified atom stereocenters. The van der Waals surface area contributed by atoms with E-state index in [1.165, 1.54) is 23.7 Å². The van der Waals surface area contributed by atoms with Crippen molar-refractivity contribution in [2.45, 2.75) is 31.7 Å². The number of nitrogens with zero attached hydrogens (tertiary/aromatic N) is 3. The number of fused-ring (bicyclic) bond motifs is 1. The van der Waals surface area contributed by atoms with Gasteiger partial charge in [0.1, 0.15) is 11.3 Å². The topological polar surface area (TPSA) is 128 Å². The van der Waals surface area contributed by atoms with Crippen LogP contribution in [0.4, 0.5) is 0 Å². The summed E-state index contributed by atoms with van der Waals surface area (Å²) in [5, 5.41) is 0. The van der Waals surface area contributed by atoms with Crippen molar-refractivity contribution >= 4 is 37.0 Å². The number of aromatic nitrogens is 3. The van der Waals surface area contributed by atoms with Gasteiger partial charge in [0.05, 0.1) is 40.4 Å². The number of aromatic amines is 1. The Labute approximate surface area is 223 Å². The number of hydrogen-bond acceptors (Lipinski definition) is 7. The highest BCUT2D eigenvalue weighted by Gasteiger charge is 2.24. The Morgan fingerprint density at radius 1 is 1.16 bits per heavy atom. The van der Waals surface area contributed by atoms with Crippen LogP contribution in [-0.4, -0.2) is 73.4 Å². The van der Waals surface area contributed by atoms with Gasteiger partial charge < -0.3 is 14.5 Å². The van der Waals surface area contributed by atoms with E-state index in [2.05, 4.69) is 30.5 Å². The van der Waals surface area contributed by atoms with Crippen LogP contribution in [0, 0.1) is 0 Å². The molecule has 1 aliphatic rings. The molecule has 37 heavy (non-hydrogen) atoms. The molecule has 202 valence electrons. The molecular weight excluding hydrogens is 566 g/mol. The third-order valence-corrected chi connectivity index (χ3v) is 8.55. The summed E-state index contributed by atoms with van der Waals surface area (Å²) in [4.78, 5) is 31.1. The first-order chi connectivity index (χ1) is 17.7. The van der Waals surface area contributed by atoms with Crippen LogP contribution < -0.4 is 20.7 Å². The minimum atomic E-state index is -3.82. The first-order valence-electron chi connectivity index (χ1n) is 12.3. The number of rotatable bonds is 10. The third kappa shape index (κ3) is 5.55. The molecular formula is C24H32BrN5O6S. The molecule has 3 heterocycles. The van der Waals surface area contributed by atoms with E-state index in [1.54, 1.807) is 6.07 Å². The third-order valence-electron chi connectivity index (χ3n) is 6.32. The fourth-order valence-corrected chi connectivity index (χ4v) is 6.19. The van der Waals surface area contributed by atoms with Gasteiger partial charge in [-0.3, -0.25) is 18.8 Å². The summed E-state index contributed by atoms with van der Waals surface area (Å²) in [6.07, 6.45) is 0.689. The summed E-state index contributed by atoms with van der Waals surface area (Å²) in [7, 11) is -2.38. The number of morpholine rings is 1. The van der Waals surface area contributed by atoms with Crippen LogP contribution in [0.25, 0.3) is 22.3 Å². The Morgan fingerprint density at radius 3 is 2.57 bits per heavy atom. The van der Waals surface area contributed by atoms with Crippen molar-refractivity contribution in [3.8, 4) is 17.0 Å². The van der Waals surface area contributed by atoms with E-state index in [9.17, 15) is 18.0 Å². The van der Waals surface area contributed by atoms with Crippen LogP contribution in [0.3, 0.4) is 0 Å². The Hall–Kier alpha value is -2.45. The number of ether oxygens (including phenoxy) is 2. The molecule has 2 N–H and O–H groups in total. The second-order valence-corrected chi connectivity index (χ2v) is 11.3.